The summed E-state index contributed by atoms with van der Waals surface area (Å²) >= 11 is 1.64. The summed E-state index contributed by atoms with van der Waals surface area (Å²) in [4.78, 5) is 3.29. The lowest BCUT2D eigenvalue weighted by atomic mass is 9.83. The summed E-state index contributed by atoms with van der Waals surface area (Å²) in [5, 5.41) is 16.3. The zero-order valence-corrected chi connectivity index (χ0v) is 12.0. The molecule has 1 aliphatic rings. The molecule has 0 saturated carbocycles. The molecule has 5 heteroatoms. The molecule has 1 fully saturated rings. The Morgan fingerprint density at radius 3 is 2.95 bits per heavy atom. The van der Waals surface area contributed by atoms with Crippen LogP contribution in [-0.4, -0.2) is 33.9 Å². The van der Waals surface area contributed by atoms with Crippen LogP contribution in [0.3, 0.4) is 0 Å². The predicted octanol–water partition coefficient (Wildman–Crippen LogP) is 2.61. The highest BCUT2D eigenvalue weighted by atomic mass is 32.1. The quantitative estimate of drug-likeness (QED) is 0.934. The molecule has 0 aromatic carbocycles. The Morgan fingerprint density at radius 2 is 2.32 bits per heavy atom. The van der Waals surface area contributed by atoms with Crippen LogP contribution in [-0.2, 0) is 6.54 Å². The van der Waals surface area contributed by atoms with E-state index in [-0.39, 0.29) is 0 Å². The van der Waals surface area contributed by atoms with Gasteiger partial charge in [0.2, 0.25) is 0 Å². The summed E-state index contributed by atoms with van der Waals surface area (Å²) in [6.07, 6.45) is 0. The molecule has 4 nitrogen and oxygen atoms in total. The van der Waals surface area contributed by atoms with Crippen LogP contribution in [0.1, 0.15) is 19.5 Å². The van der Waals surface area contributed by atoms with Gasteiger partial charge in [0.05, 0.1) is 16.2 Å². The smallest absolute Gasteiger partial charge is 0.177 e. The molecule has 19 heavy (non-hydrogen) atoms. The van der Waals surface area contributed by atoms with E-state index in [1.807, 2.05) is 23.6 Å². The van der Waals surface area contributed by atoms with Crippen molar-refractivity contribution in [3.05, 3.63) is 29.3 Å². The number of thiophene rings is 1. The zero-order chi connectivity index (χ0) is 13.5. The summed E-state index contributed by atoms with van der Waals surface area (Å²) < 4.78 is 5.35. The van der Waals surface area contributed by atoms with Gasteiger partial charge in [0.1, 0.15) is 0 Å². The number of aliphatic hydroxyl groups is 1. The van der Waals surface area contributed by atoms with E-state index in [9.17, 15) is 5.11 Å². The molecule has 0 radical (unpaired) electrons. The van der Waals surface area contributed by atoms with Crippen molar-refractivity contribution in [2.75, 3.05) is 13.1 Å². The second kappa shape index (κ2) is 4.74. The predicted molar refractivity (Wildman–Crippen MR) is 74.9 cm³/mol. The third-order valence-corrected chi connectivity index (χ3v) is 4.66. The molecule has 2 aromatic heterocycles. The first kappa shape index (κ1) is 12.8. The van der Waals surface area contributed by atoms with Crippen molar-refractivity contribution >= 4 is 11.3 Å². The highest BCUT2D eigenvalue weighted by Crippen LogP contribution is 2.31. The number of likely N-dealkylation sites (tertiary alicyclic amines) is 1. The number of hydrogen-bond acceptors (Lipinski definition) is 5. The van der Waals surface area contributed by atoms with Gasteiger partial charge >= 0.3 is 0 Å². The molecule has 0 aliphatic carbocycles. The molecular weight excluding hydrogens is 260 g/mol. The standard InChI is InChI=1S/C14H18N2O2S/c1-10(2)14(17)8-16(9-14)7-11-6-12(18-15-11)13-4-3-5-19-13/h3-6,10,17H,7-9H2,1-2H3. The second-order valence-electron chi connectivity index (χ2n) is 5.56. The van der Waals surface area contributed by atoms with Gasteiger partial charge in [-0.05, 0) is 17.4 Å². The highest BCUT2D eigenvalue weighted by molar-refractivity contribution is 7.13. The van der Waals surface area contributed by atoms with E-state index in [1.165, 1.54) is 0 Å². The average molecular weight is 278 g/mol. The van der Waals surface area contributed by atoms with E-state index in [1.54, 1.807) is 11.3 Å². The van der Waals surface area contributed by atoms with Crippen LogP contribution in [0, 0.1) is 5.92 Å². The minimum Gasteiger partial charge on any atom is -0.387 e. The van der Waals surface area contributed by atoms with Gasteiger partial charge in [-0.2, -0.15) is 0 Å². The summed E-state index contributed by atoms with van der Waals surface area (Å²) in [5.41, 5.74) is 0.398. The Bertz CT molecular complexity index is 542. The maximum absolute atomic E-state index is 10.2. The second-order valence-corrected chi connectivity index (χ2v) is 6.51. The molecule has 0 amide bonds. The van der Waals surface area contributed by atoms with Crippen LogP contribution in [0.2, 0.25) is 0 Å². The zero-order valence-electron chi connectivity index (χ0n) is 11.2. The van der Waals surface area contributed by atoms with Gasteiger partial charge in [0, 0.05) is 25.7 Å². The van der Waals surface area contributed by atoms with Gasteiger partial charge in [0.15, 0.2) is 5.76 Å². The molecule has 2 aromatic rings. The maximum atomic E-state index is 10.2. The van der Waals surface area contributed by atoms with Crippen molar-refractivity contribution in [3.8, 4) is 10.6 Å². The lowest BCUT2D eigenvalue weighted by Gasteiger charge is -2.48. The lowest BCUT2D eigenvalue weighted by Crippen LogP contribution is -2.63. The van der Waals surface area contributed by atoms with Crippen LogP contribution in [0.4, 0.5) is 0 Å². The fraction of sp³-hybridized carbons (Fsp3) is 0.500. The van der Waals surface area contributed by atoms with E-state index >= 15 is 0 Å². The van der Waals surface area contributed by atoms with Crippen molar-refractivity contribution in [2.45, 2.75) is 26.0 Å². The van der Waals surface area contributed by atoms with E-state index in [0.717, 1.165) is 22.9 Å². The topological polar surface area (TPSA) is 49.5 Å². The Kier molecular flexibility index (Phi) is 3.20. The first-order chi connectivity index (χ1) is 9.07. The summed E-state index contributed by atoms with van der Waals surface area (Å²) in [6, 6.07) is 6.01. The Morgan fingerprint density at radius 1 is 1.53 bits per heavy atom. The molecule has 1 aliphatic heterocycles. The molecule has 0 spiro atoms. The van der Waals surface area contributed by atoms with Crippen molar-refractivity contribution in [3.63, 3.8) is 0 Å². The SMILES string of the molecule is CC(C)C1(O)CN(Cc2cc(-c3cccs3)on2)C1. The summed E-state index contributed by atoms with van der Waals surface area (Å²) in [5.74, 6) is 1.12. The number of rotatable bonds is 4. The van der Waals surface area contributed by atoms with Crippen LogP contribution >= 0.6 is 11.3 Å². The third kappa shape index (κ3) is 2.45. The summed E-state index contributed by atoms with van der Waals surface area (Å²) in [6.45, 7) is 6.28. The molecule has 0 unspecified atom stereocenters. The Labute approximate surface area is 116 Å². The van der Waals surface area contributed by atoms with Gasteiger partial charge in [0.25, 0.3) is 0 Å². The highest BCUT2D eigenvalue weighted by Gasteiger charge is 2.43. The van der Waals surface area contributed by atoms with Crippen LogP contribution in [0.15, 0.2) is 28.1 Å². The largest absolute Gasteiger partial charge is 0.387 e. The number of hydrogen-bond donors (Lipinski definition) is 1. The van der Waals surface area contributed by atoms with Gasteiger partial charge in [-0.15, -0.1) is 11.3 Å². The molecular formula is C14H18N2O2S. The Balaban J connectivity index is 1.61. The van der Waals surface area contributed by atoms with Crippen molar-refractivity contribution < 1.29 is 9.63 Å². The van der Waals surface area contributed by atoms with Crippen LogP contribution in [0.5, 0.6) is 0 Å². The maximum Gasteiger partial charge on any atom is 0.177 e. The molecule has 3 rings (SSSR count). The van der Waals surface area contributed by atoms with Crippen molar-refractivity contribution in [1.82, 2.24) is 10.1 Å². The average Bonchev–Trinajstić information content (AvgIpc) is 2.96. The molecule has 102 valence electrons. The fourth-order valence-electron chi connectivity index (χ4n) is 2.36. The van der Waals surface area contributed by atoms with E-state index in [0.29, 0.717) is 19.0 Å². The van der Waals surface area contributed by atoms with Gasteiger partial charge in [-0.25, -0.2) is 0 Å². The number of aromatic nitrogens is 1. The summed E-state index contributed by atoms with van der Waals surface area (Å²) in [7, 11) is 0. The first-order valence-corrected chi connectivity index (χ1v) is 7.39. The molecule has 0 bridgehead atoms. The normalized spacial score (nSPS) is 18.7. The third-order valence-electron chi connectivity index (χ3n) is 3.78. The molecule has 3 heterocycles. The van der Waals surface area contributed by atoms with Crippen LogP contribution < -0.4 is 0 Å². The van der Waals surface area contributed by atoms with Crippen molar-refractivity contribution in [1.29, 1.82) is 0 Å². The lowest BCUT2D eigenvalue weighted by molar-refractivity contribution is -0.131. The van der Waals surface area contributed by atoms with Gasteiger partial charge in [-0.1, -0.05) is 25.1 Å². The molecule has 0 atom stereocenters. The molecule has 1 N–H and O–H groups in total. The minimum atomic E-state index is -0.527. The van der Waals surface area contributed by atoms with Crippen molar-refractivity contribution in [2.24, 2.45) is 5.92 Å². The van der Waals surface area contributed by atoms with Gasteiger partial charge in [-0.3, -0.25) is 4.90 Å². The fourth-order valence-corrected chi connectivity index (χ4v) is 3.03. The van der Waals surface area contributed by atoms with E-state index < -0.39 is 5.60 Å². The van der Waals surface area contributed by atoms with Gasteiger partial charge < -0.3 is 9.63 Å². The van der Waals surface area contributed by atoms with E-state index in [4.69, 9.17) is 4.52 Å². The minimum absolute atomic E-state index is 0.294. The number of β-amino-alcohol motifs (C(OH)–C–C–N with tert-alkyl or cyclic N) is 1. The monoisotopic (exact) mass is 278 g/mol. The Hall–Kier alpha value is -1.17. The van der Waals surface area contributed by atoms with E-state index in [2.05, 4.69) is 23.9 Å². The number of nitrogens with zero attached hydrogens (tertiary/aromatic N) is 2. The van der Waals surface area contributed by atoms with Crippen LogP contribution in [0.25, 0.3) is 10.6 Å². The molecule has 1 saturated heterocycles. The first-order valence-electron chi connectivity index (χ1n) is 6.51.